The third kappa shape index (κ3) is 13.5. The minimum absolute atomic E-state index is 0.0548. The summed E-state index contributed by atoms with van der Waals surface area (Å²) in [6, 6.07) is 0. The van der Waals surface area contributed by atoms with Crippen LogP contribution in [0, 0.1) is 17.8 Å². The fourth-order valence-electron chi connectivity index (χ4n) is 3.35. The topological polar surface area (TPSA) is 57.2 Å². The molecule has 5 heteroatoms. The quantitative estimate of drug-likeness (QED) is 0.233. The zero-order valence-electron chi connectivity index (χ0n) is 18.1. The molecule has 28 heavy (non-hydrogen) atoms. The zero-order chi connectivity index (χ0) is 20.3. The number of hydrogen-bond donors (Lipinski definition) is 1. The van der Waals surface area contributed by atoms with Crippen molar-refractivity contribution in [2.45, 2.75) is 96.1 Å². The lowest BCUT2D eigenvalue weighted by atomic mass is 10.0. The van der Waals surface area contributed by atoms with Gasteiger partial charge in [-0.05, 0) is 50.9 Å². The van der Waals surface area contributed by atoms with Crippen molar-refractivity contribution in [3.63, 3.8) is 0 Å². The predicted octanol–water partition coefficient (Wildman–Crippen LogP) is 4.66. The standard InChI is InChI=1S/C23H42O5/c1-25-22(26-2)17-16-21(20-24)14-10-8-6-4-3-5-7-9-12-18-27-23-15-11-13-19-28-23/h21-24H,3-7,9,11-20H2,1-2H3. The molecule has 0 aromatic heterocycles. The van der Waals surface area contributed by atoms with Gasteiger partial charge in [-0.3, -0.25) is 0 Å². The molecule has 0 aliphatic carbocycles. The summed E-state index contributed by atoms with van der Waals surface area (Å²) >= 11 is 0. The maximum absolute atomic E-state index is 9.45. The van der Waals surface area contributed by atoms with E-state index >= 15 is 0 Å². The normalized spacial score (nSPS) is 18.1. The first kappa shape index (κ1) is 25.4. The summed E-state index contributed by atoms with van der Waals surface area (Å²) in [5, 5.41) is 9.45. The number of aliphatic hydroxyl groups is 1. The van der Waals surface area contributed by atoms with Crippen LogP contribution >= 0.6 is 0 Å². The Hall–Kier alpha value is -0.640. The molecule has 1 aliphatic rings. The van der Waals surface area contributed by atoms with Crippen molar-refractivity contribution in [1.29, 1.82) is 0 Å². The van der Waals surface area contributed by atoms with Crippen molar-refractivity contribution in [1.82, 2.24) is 0 Å². The van der Waals surface area contributed by atoms with E-state index < -0.39 is 0 Å². The van der Waals surface area contributed by atoms with Crippen LogP contribution in [0.1, 0.15) is 83.5 Å². The second-order valence-corrected chi connectivity index (χ2v) is 7.62. The molecule has 1 aliphatic heterocycles. The van der Waals surface area contributed by atoms with E-state index in [2.05, 4.69) is 11.8 Å². The fraction of sp³-hybridized carbons (Fsp3) is 0.913. The molecule has 164 valence electrons. The molecule has 2 unspecified atom stereocenters. The van der Waals surface area contributed by atoms with E-state index in [1.165, 1.54) is 44.9 Å². The largest absolute Gasteiger partial charge is 0.396 e. The summed E-state index contributed by atoms with van der Waals surface area (Å²) in [6.07, 6.45) is 14.0. The molecule has 0 aromatic rings. The summed E-state index contributed by atoms with van der Waals surface area (Å²) in [7, 11) is 3.28. The van der Waals surface area contributed by atoms with Gasteiger partial charge in [0.2, 0.25) is 0 Å². The summed E-state index contributed by atoms with van der Waals surface area (Å²) in [5.74, 6) is 6.69. The molecule has 1 saturated heterocycles. The molecule has 0 amide bonds. The Labute approximate surface area is 172 Å². The van der Waals surface area contributed by atoms with Gasteiger partial charge >= 0.3 is 0 Å². The Kier molecular flexibility index (Phi) is 16.7. The highest BCUT2D eigenvalue weighted by molar-refractivity contribution is 4.99. The minimum Gasteiger partial charge on any atom is -0.396 e. The molecular formula is C23H42O5. The molecule has 1 N–H and O–H groups in total. The average molecular weight is 399 g/mol. The van der Waals surface area contributed by atoms with E-state index in [0.29, 0.717) is 0 Å². The van der Waals surface area contributed by atoms with E-state index in [9.17, 15) is 5.11 Å². The fourth-order valence-corrected chi connectivity index (χ4v) is 3.35. The molecule has 1 heterocycles. The van der Waals surface area contributed by atoms with Gasteiger partial charge in [0.15, 0.2) is 12.6 Å². The predicted molar refractivity (Wildman–Crippen MR) is 112 cm³/mol. The number of rotatable bonds is 16. The number of aliphatic hydroxyl groups excluding tert-OH is 1. The highest BCUT2D eigenvalue weighted by Crippen LogP contribution is 2.15. The highest BCUT2D eigenvalue weighted by Gasteiger charge is 2.13. The summed E-state index contributed by atoms with van der Waals surface area (Å²) in [5.41, 5.74) is 0. The van der Waals surface area contributed by atoms with Crippen molar-refractivity contribution in [2.24, 2.45) is 5.92 Å². The maximum atomic E-state index is 9.45. The molecule has 0 bridgehead atoms. The third-order valence-electron chi connectivity index (χ3n) is 5.25. The van der Waals surface area contributed by atoms with Crippen LogP contribution in [0.3, 0.4) is 0 Å². The van der Waals surface area contributed by atoms with Crippen LogP contribution in [0.5, 0.6) is 0 Å². The number of unbranched alkanes of at least 4 members (excludes halogenated alkanes) is 6. The van der Waals surface area contributed by atoms with Crippen LogP contribution in [-0.2, 0) is 18.9 Å². The lowest BCUT2D eigenvalue weighted by Crippen LogP contribution is -2.22. The van der Waals surface area contributed by atoms with Crippen molar-refractivity contribution in [3.05, 3.63) is 0 Å². The van der Waals surface area contributed by atoms with E-state index in [1.54, 1.807) is 14.2 Å². The SMILES string of the molecule is COC(CCC(CO)CC#CCCCCCCCCOC1CCCCO1)OC. The van der Waals surface area contributed by atoms with Crippen LogP contribution in [-0.4, -0.2) is 51.7 Å². The second-order valence-electron chi connectivity index (χ2n) is 7.62. The monoisotopic (exact) mass is 398 g/mol. The summed E-state index contributed by atoms with van der Waals surface area (Å²) in [6.45, 7) is 1.86. The minimum atomic E-state index is -0.186. The molecule has 2 atom stereocenters. The number of ether oxygens (including phenoxy) is 4. The molecule has 5 nitrogen and oxygen atoms in total. The lowest BCUT2D eigenvalue weighted by Gasteiger charge is -2.22. The maximum Gasteiger partial charge on any atom is 0.157 e. The summed E-state index contributed by atoms with van der Waals surface area (Å²) < 4.78 is 21.7. The molecule has 0 radical (unpaired) electrons. The smallest absolute Gasteiger partial charge is 0.157 e. The number of methoxy groups -OCH3 is 2. The van der Waals surface area contributed by atoms with E-state index in [-0.39, 0.29) is 25.1 Å². The van der Waals surface area contributed by atoms with Gasteiger partial charge in [-0.1, -0.05) is 25.7 Å². The lowest BCUT2D eigenvalue weighted by molar-refractivity contribution is -0.162. The van der Waals surface area contributed by atoms with Gasteiger partial charge in [0.25, 0.3) is 0 Å². The van der Waals surface area contributed by atoms with Crippen LogP contribution in [0.15, 0.2) is 0 Å². The Morgan fingerprint density at radius 1 is 0.964 bits per heavy atom. The van der Waals surface area contributed by atoms with E-state index in [1.807, 2.05) is 0 Å². The molecule has 1 fully saturated rings. The van der Waals surface area contributed by atoms with E-state index in [4.69, 9.17) is 18.9 Å². The Balaban J connectivity index is 1.89. The van der Waals surface area contributed by atoms with Gasteiger partial charge < -0.3 is 24.1 Å². The van der Waals surface area contributed by atoms with Crippen LogP contribution < -0.4 is 0 Å². The molecule has 1 rings (SSSR count). The number of hydrogen-bond acceptors (Lipinski definition) is 5. The van der Waals surface area contributed by atoms with Crippen molar-refractivity contribution < 1.29 is 24.1 Å². The van der Waals surface area contributed by atoms with Crippen LogP contribution in [0.2, 0.25) is 0 Å². The third-order valence-corrected chi connectivity index (χ3v) is 5.25. The first-order chi connectivity index (χ1) is 13.8. The highest BCUT2D eigenvalue weighted by atomic mass is 16.7. The Morgan fingerprint density at radius 3 is 2.39 bits per heavy atom. The van der Waals surface area contributed by atoms with Crippen molar-refractivity contribution in [2.75, 3.05) is 34.0 Å². The van der Waals surface area contributed by atoms with Gasteiger partial charge in [-0.25, -0.2) is 0 Å². The van der Waals surface area contributed by atoms with Gasteiger partial charge in [-0.2, -0.15) is 0 Å². The van der Waals surface area contributed by atoms with Crippen LogP contribution in [0.4, 0.5) is 0 Å². The van der Waals surface area contributed by atoms with Gasteiger partial charge in [0.05, 0.1) is 0 Å². The Bertz CT molecular complexity index is 394. The zero-order valence-corrected chi connectivity index (χ0v) is 18.1. The van der Waals surface area contributed by atoms with Gasteiger partial charge in [-0.15, -0.1) is 11.8 Å². The first-order valence-electron chi connectivity index (χ1n) is 11.2. The second kappa shape index (κ2) is 18.4. The average Bonchev–Trinajstić information content (AvgIpc) is 2.74. The van der Waals surface area contributed by atoms with E-state index in [0.717, 1.165) is 51.7 Å². The molecule has 0 spiro atoms. The van der Waals surface area contributed by atoms with Gasteiger partial charge in [0.1, 0.15) is 0 Å². The summed E-state index contributed by atoms with van der Waals surface area (Å²) in [4.78, 5) is 0. The van der Waals surface area contributed by atoms with Gasteiger partial charge in [0, 0.05) is 46.9 Å². The molecular weight excluding hydrogens is 356 g/mol. The van der Waals surface area contributed by atoms with Crippen molar-refractivity contribution in [3.8, 4) is 11.8 Å². The Morgan fingerprint density at radius 2 is 1.71 bits per heavy atom. The first-order valence-corrected chi connectivity index (χ1v) is 11.2. The van der Waals surface area contributed by atoms with Crippen LogP contribution in [0.25, 0.3) is 0 Å². The molecule has 0 aromatic carbocycles. The molecule has 0 saturated carbocycles. The van der Waals surface area contributed by atoms with Crippen molar-refractivity contribution >= 4 is 0 Å².